The van der Waals surface area contributed by atoms with Crippen LogP contribution in [0.15, 0.2) is 37.0 Å². The van der Waals surface area contributed by atoms with Gasteiger partial charge in [0.2, 0.25) is 0 Å². The number of hydrogen-bond donors (Lipinski definition) is 0. The smallest absolute Gasteiger partial charge is 0.310 e. The zero-order chi connectivity index (χ0) is 15.0. The fraction of sp³-hybridized carbons (Fsp3) is 0.312. The number of para-hydroxylation sites is 1. The molecule has 0 amide bonds. The lowest BCUT2D eigenvalue weighted by atomic mass is 10.1. The van der Waals surface area contributed by atoms with Crippen LogP contribution in [0.3, 0.4) is 0 Å². The number of nitrogens with zero attached hydrogens (tertiary/aromatic N) is 1. The van der Waals surface area contributed by atoms with Crippen LogP contribution in [0, 0.1) is 0 Å². The van der Waals surface area contributed by atoms with Crippen molar-refractivity contribution in [1.29, 1.82) is 0 Å². The van der Waals surface area contributed by atoms with Crippen LogP contribution in [-0.2, 0) is 20.7 Å². The van der Waals surface area contributed by atoms with Gasteiger partial charge in [-0.25, -0.2) is 0 Å². The summed E-state index contributed by atoms with van der Waals surface area (Å²) in [4.78, 5) is 11.5. The highest BCUT2D eigenvalue weighted by molar-refractivity contribution is 5.89. The second kappa shape index (κ2) is 8.17. The van der Waals surface area contributed by atoms with Crippen molar-refractivity contribution in [3.63, 3.8) is 0 Å². The number of aromatic nitrogens is 1. The van der Waals surface area contributed by atoms with Gasteiger partial charge in [-0.3, -0.25) is 4.79 Å². The van der Waals surface area contributed by atoms with Gasteiger partial charge in [0.25, 0.3) is 0 Å². The summed E-state index contributed by atoms with van der Waals surface area (Å²) < 4.78 is 11.1. The van der Waals surface area contributed by atoms with Crippen LogP contribution in [0.5, 0.6) is 0 Å². The van der Waals surface area contributed by atoms with E-state index in [0.717, 1.165) is 16.5 Å². The van der Waals surface area contributed by atoms with Crippen molar-refractivity contribution in [3.8, 4) is 0 Å². The Morgan fingerprint density at radius 3 is 2.60 bits per heavy atom. The standard InChI is InChI=1S/C14H15NO2.C2H6O/c1-3-15-10-11(9-14(16)17-4-2)12-7-5-6-8-13(12)15;1-3-2/h3,5-8,10H,1,4,9H2,2H3;1-2H3. The number of carbonyl (C=O) groups excluding carboxylic acids is 1. The Labute approximate surface area is 119 Å². The van der Waals surface area contributed by atoms with Crippen LogP contribution in [0.2, 0.25) is 0 Å². The highest BCUT2D eigenvalue weighted by Crippen LogP contribution is 2.22. The van der Waals surface area contributed by atoms with Crippen molar-refractivity contribution < 1.29 is 14.3 Å². The van der Waals surface area contributed by atoms with E-state index in [0.29, 0.717) is 13.0 Å². The molecular formula is C16H21NO3. The quantitative estimate of drug-likeness (QED) is 0.805. The first-order chi connectivity index (χ1) is 9.67. The number of ether oxygens (including phenoxy) is 2. The topological polar surface area (TPSA) is 40.5 Å². The summed E-state index contributed by atoms with van der Waals surface area (Å²) >= 11 is 0. The van der Waals surface area contributed by atoms with Gasteiger partial charge in [-0.15, -0.1) is 0 Å². The zero-order valence-electron chi connectivity index (χ0n) is 12.3. The van der Waals surface area contributed by atoms with Crippen LogP contribution in [-0.4, -0.2) is 31.4 Å². The zero-order valence-corrected chi connectivity index (χ0v) is 12.3. The molecule has 1 aromatic heterocycles. The van der Waals surface area contributed by atoms with Gasteiger partial charge in [-0.2, -0.15) is 0 Å². The molecule has 0 aliphatic heterocycles. The van der Waals surface area contributed by atoms with Gasteiger partial charge in [-0.05, 0) is 18.6 Å². The molecule has 1 aromatic carbocycles. The van der Waals surface area contributed by atoms with E-state index in [2.05, 4.69) is 11.3 Å². The van der Waals surface area contributed by atoms with Crippen LogP contribution in [0.25, 0.3) is 17.1 Å². The Hall–Kier alpha value is -2.07. The third-order valence-corrected chi connectivity index (χ3v) is 2.66. The SMILES string of the molecule is C=Cn1cc(CC(=O)OCC)c2ccccc21.COC. The van der Waals surface area contributed by atoms with E-state index in [9.17, 15) is 4.79 Å². The molecule has 0 N–H and O–H groups in total. The largest absolute Gasteiger partial charge is 0.466 e. The molecule has 0 unspecified atom stereocenters. The van der Waals surface area contributed by atoms with E-state index in [1.807, 2.05) is 42.0 Å². The summed E-state index contributed by atoms with van der Waals surface area (Å²) in [6.07, 6.45) is 3.96. The summed E-state index contributed by atoms with van der Waals surface area (Å²) in [6.45, 7) is 5.98. The monoisotopic (exact) mass is 275 g/mol. The molecular weight excluding hydrogens is 254 g/mol. The maximum atomic E-state index is 11.5. The Morgan fingerprint density at radius 1 is 1.35 bits per heavy atom. The van der Waals surface area contributed by atoms with E-state index < -0.39 is 0 Å². The molecule has 4 heteroatoms. The van der Waals surface area contributed by atoms with Crippen molar-refractivity contribution in [1.82, 2.24) is 4.57 Å². The molecule has 0 radical (unpaired) electrons. The average molecular weight is 275 g/mol. The molecule has 20 heavy (non-hydrogen) atoms. The predicted octanol–water partition coefficient (Wildman–Crippen LogP) is 3.11. The highest BCUT2D eigenvalue weighted by Gasteiger charge is 2.10. The molecule has 0 aliphatic rings. The first kappa shape index (κ1) is 16.0. The van der Waals surface area contributed by atoms with Crippen LogP contribution in [0.4, 0.5) is 0 Å². The van der Waals surface area contributed by atoms with Crippen LogP contribution >= 0.6 is 0 Å². The van der Waals surface area contributed by atoms with Gasteiger partial charge >= 0.3 is 5.97 Å². The van der Waals surface area contributed by atoms with Crippen molar-refractivity contribution in [2.24, 2.45) is 0 Å². The van der Waals surface area contributed by atoms with E-state index >= 15 is 0 Å². The molecule has 0 saturated heterocycles. The lowest BCUT2D eigenvalue weighted by molar-refractivity contribution is -0.142. The van der Waals surface area contributed by atoms with Crippen molar-refractivity contribution in [2.75, 3.05) is 20.8 Å². The van der Waals surface area contributed by atoms with Crippen LogP contribution in [0.1, 0.15) is 12.5 Å². The molecule has 2 aromatic rings. The molecule has 0 atom stereocenters. The number of esters is 1. The lowest BCUT2D eigenvalue weighted by Crippen LogP contribution is -2.06. The van der Waals surface area contributed by atoms with Gasteiger partial charge in [-0.1, -0.05) is 24.8 Å². The number of methoxy groups -OCH3 is 1. The molecule has 4 nitrogen and oxygen atoms in total. The number of benzene rings is 1. The van der Waals surface area contributed by atoms with Gasteiger partial charge < -0.3 is 14.0 Å². The minimum Gasteiger partial charge on any atom is -0.466 e. The Balaban J connectivity index is 0.000000612. The molecule has 0 aliphatic carbocycles. The predicted molar refractivity (Wildman–Crippen MR) is 81.6 cm³/mol. The fourth-order valence-electron chi connectivity index (χ4n) is 1.94. The van der Waals surface area contributed by atoms with Crippen molar-refractivity contribution in [3.05, 3.63) is 42.6 Å². The molecule has 0 spiro atoms. The van der Waals surface area contributed by atoms with Gasteiger partial charge in [0.05, 0.1) is 18.5 Å². The first-order valence-corrected chi connectivity index (χ1v) is 6.44. The second-order valence-corrected chi connectivity index (χ2v) is 4.15. The molecule has 108 valence electrons. The molecule has 0 saturated carbocycles. The lowest BCUT2D eigenvalue weighted by Gasteiger charge is -1.99. The minimum atomic E-state index is -0.195. The minimum absolute atomic E-state index is 0.195. The molecule has 1 heterocycles. The third-order valence-electron chi connectivity index (χ3n) is 2.66. The molecule has 0 fully saturated rings. The second-order valence-electron chi connectivity index (χ2n) is 4.15. The molecule has 0 bridgehead atoms. The van der Waals surface area contributed by atoms with E-state index in [1.165, 1.54) is 0 Å². The number of rotatable bonds is 4. The number of fused-ring (bicyclic) bond motifs is 1. The number of carbonyl (C=O) groups is 1. The average Bonchev–Trinajstić information content (AvgIpc) is 2.78. The van der Waals surface area contributed by atoms with Crippen molar-refractivity contribution in [2.45, 2.75) is 13.3 Å². The Morgan fingerprint density at radius 2 is 2.00 bits per heavy atom. The van der Waals surface area contributed by atoms with Gasteiger partial charge in [0.1, 0.15) is 0 Å². The third kappa shape index (κ3) is 3.96. The van der Waals surface area contributed by atoms with Crippen molar-refractivity contribution >= 4 is 23.1 Å². The highest BCUT2D eigenvalue weighted by atomic mass is 16.5. The maximum Gasteiger partial charge on any atom is 0.310 e. The summed E-state index contributed by atoms with van der Waals surface area (Å²) in [5, 5.41) is 1.07. The van der Waals surface area contributed by atoms with Gasteiger partial charge in [0, 0.05) is 32.0 Å². The summed E-state index contributed by atoms with van der Waals surface area (Å²) in [5.41, 5.74) is 2.03. The van der Waals surface area contributed by atoms with Crippen LogP contribution < -0.4 is 0 Å². The van der Waals surface area contributed by atoms with E-state index in [1.54, 1.807) is 20.4 Å². The van der Waals surface area contributed by atoms with Gasteiger partial charge in [0.15, 0.2) is 0 Å². The summed E-state index contributed by atoms with van der Waals surface area (Å²) in [6, 6.07) is 7.94. The Bertz CT molecular complexity index is 572. The molecule has 2 rings (SSSR count). The Kier molecular flexibility index (Phi) is 6.53. The summed E-state index contributed by atoms with van der Waals surface area (Å²) in [5.74, 6) is -0.195. The maximum absolute atomic E-state index is 11.5. The first-order valence-electron chi connectivity index (χ1n) is 6.44. The fourth-order valence-corrected chi connectivity index (χ4v) is 1.94. The van der Waals surface area contributed by atoms with E-state index in [-0.39, 0.29) is 5.97 Å². The normalized spacial score (nSPS) is 9.75. The summed E-state index contributed by atoms with van der Waals surface area (Å²) in [7, 11) is 3.25. The van der Waals surface area contributed by atoms with E-state index in [4.69, 9.17) is 4.74 Å². The number of hydrogen-bond acceptors (Lipinski definition) is 3.